The van der Waals surface area contributed by atoms with E-state index in [-0.39, 0.29) is 5.91 Å². The van der Waals surface area contributed by atoms with Gasteiger partial charge in [-0.25, -0.2) is 14.0 Å². The minimum atomic E-state index is -2.75. The maximum atomic E-state index is 12.1. The number of hydrogen-bond donors (Lipinski definition) is 2. The minimum Gasteiger partial charge on any atom is -0.298 e. The average Bonchev–Trinajstić information content (AvgIpc) is 2.86. The van der Waals surface area contributed by atoms with Crippen molar-refractivity contribution in [1.29, 1.82) is 4.78 Å². The van der Waals surface area contributed by atoms with Crippen LogP contribution in [0, 0.1) is 4.78 Å². The third-order valence-electron chi connectivity index (χ3n) is 2.84. The molecule has 2 aromatic rings. The van der Waals surface area contributed by atoms with E-state index < -0.39 is 9.73 Å². The lowest BCUT2D eigenvalue weighted by Crippen LogP contribution is -2.11. The van der Waals surface area contributed by atoms with Gasteiger partial charge in [-0.1, -0.05) is 13.3 Å². The molecule has 0 fully saturated rings. The highest BCUT2D eigenvalue weighted by Gasteiger charge is 2.10. The molecule has 5 nitrogen and oxygen atoms in total. The van der Waals surface area contributed by atoms with Gasteiger partial charge in [-0.15, -0.1) is 11.3 Å². The summed E-state index contributed by atoms with van der Waals surface area (Å²) in [5, 5.41) is 3.32. The molecular weight excluding hydrogens is 306 g/mol. The van der Waals surface area contributed by atoms with Gasteiger partial charge >= 0.3 is 0 Å². The van der Waals surface area contributed by atoms with Crippen LogP contribution in [0.15, 0.2) is 35.4 Å². The molecular formula is C14H17N3O2S2. The summed E-state index contributed by atoms with van der Waals surface area (Å²) in [5.41, 5.74) is 0.453. The van der Waals surface area contributed by atoms with E-state index in [9.17, 15) is 9.00 Å². The van der Waals surface area contributed by atoms with Gasteiger partial charge in [0.15, 0.2) is 5.13 Å². The summed E-state index contributed by atoms with van der Waals surface area (Å²) in [6.07, 6.45) is 5.13. The molecule has 0 aliphatic carbocycles. The Balaban J connectivity index is 2.09. The Hall–Kier alpha value is -1.73. The van der Waals surface area contributed by atoms with E-state index >= 15 is 0 Å². The average molecular weight is 323 g/mol. The first-order valence-electron chi connectivity index (χ1n) is 6.50. The first kappa shape index (κ1) is 15.7. The number of thiazole rings is 1. The molecule has 0 bridgehead atoms. The van der Waals surface area contributed by atoms with Crippen LogP contribution >= 0.6 is 11.3 Å². The molecule has 1 heterocycles. The zero-order chi connectivity index (χ0) is 15.5. The normalized spacial score (nSPS) is 13.6. The minimum absolute atomic E-state index is 0.258. The second kappa shape index (κ2) is 6.36. The largest absolute Gasteiger partial charge is 0.298 e. The maximum Gasteiger partial charge on any atom is 0.257 e. The number of benzene rings is 1. The molecule has 7 heteroatoms. The molecule has 1 unspecified atom stereocenters. The SMILES string of the molecule is CCCc1cnc(NC(=O)c2ccc(S(C)(=N)=O)cc2)s1. The van der Waals surface area contributed by atoms with Crippen molar-refractivity contribution in [1.82, 2.24) is 4.98 Å². The Labute approximate surface area is 128 Å². The summed E-state index contributed by atoms with van der Waals surface area (Å²) < 4.78 is 19.1. The zero-order valence-electron chi connectivity index (χ0n) is 11.9. The molecule has 21 heavy (non-hydrogen) atoms. The van der Waals surface area contributed by atoms with Crippen molar-refractivity contribution in [2.24, 2.45) is 0 Å². The van der Waals surface area contributed by atoms with E-state index in [1.807, 2.05) is 0 Å². The van der Waals surface area contributed by atoms with Crippen molar-refractivity contribution in [2.45, 2.75) is 24.7 Å². The van der Waals surface area contributed by atoms with Crippen LogP contribution in [0.4, 0.5) is 5.13 Å². The Morgan fingerprint density at radius 2 is 2.05 bits per heavy atom. The number of hydrogen-bond acceptors (Lipinski definition) is 5. The van der Waals surface area contributed by atoms with Crippen molar-refractivity contribution in [3.8, 4) is 0 Å². The lowest BCUT2D eigenvalue weighted by molar-refractivity contribution is 0.102. The molecule has 1 aromatic heterocycles. The van der Waals surface area contributed by atoms with Crippen molar-refractivity contribution in [2.75, 3.05) is 11.6 Å². The fourth-order valence-electron chi connectivity index (χ4n) is 1.76. The van der Waals surface area contributed by atoms with Crippen LogP contribution in [-0.2, 0) is 16.1 Å². The standard InChI is InChI=1S/C14H17N3O2S2/c1-3-4-11-9-16-14(20-11)17-13(18)10-5-7-12(8-6-10)21(2,15)19/h5-9,15H,3-4H2,1-2H3,(H,16,17,18). The topological polar surface area (TPSA) is 82.9 Å². The van der Waals surface area contributed by atoms with Gasteiger partial charge in [0.1, 0.15) is 0 Å². The summed E-state index contributed by atoms with van der Waals surface area (Å²) >= 11 is 1.47. The number of nitrogens with one attached hydrogen (secondary N) is 2. The predicted molar refractivity (Wildman–Crippen MR) is 85.6 cm³/mol. The summed E-state index contributed by atoms with van der Waals surface area (Å²) in [4.78, 5) is 17.8. The molecule has 2 N–H and O–H groups in total. The van der Waals surface area contributed by atoms with E-state index in [2.05, 4.69) is 17.2 Å². The van der Waals surface area contributed by atoms with E-state index in [1.165, 1.54) is 17.6 Å². The molecule has 0 radical (unpaired) electrons. The lowest BCUT2D eigenvalue weighted by Gasteiger charge is -2.04. The van der Waals surface area contributed by atoms with Crippen LogP contribution in [0.5, 0.6) is 0 Å². The maximum absolute atomic E-state index is 12.1. The highest BCUT2D eigenvalue weighted by Crippen LogP contribution is 2.20. The van der Waals surface area contributed by atoms with Crippen molar-refractivity contribution < 1.29 is 9.00 Å². The Morgan fingerprint density at radius 3 is 2.62 bits per heavy atom. The third-order valence-corrected chi connectivity index (χ3v) is 4.98. The molecule has 0 aliphatic heterocycles. The highest BCUT2D eigenvalue weighted by molar-refractivity contribution is 7.91. The Kier molecular flexibility index (Phi) is 4.74. The Morgan fingerprint density at radius 1 is 1.38 bits per heavy atom. The molecule has 0 saturated carbocycles. The van der Waals surface area contributed by atoms with E-state index in [0.29, 0.717) is 15.6 Å². The number of carbonyl (C=O) groups is 1. The quantitative estimate of drug-likeness (QED) is 0.884. The zero-order valence-corrected chi connectivity index (χ0v) is 13.5. The number of aromatic nitrogens is 1. The fourth-order valence-corrected chi connectivity index (χ4v) is 3.33. The number of aryl methyl sites for hydroxylation is 1. The summed E-state index contributed by atoms with van der Waals surface area (Å²) in [7, 11) is -2.75. The van der Waals surface area contributed by atoms with Crippen molar-refractivity contribution >= 4 is 32.1 Å². The van der Waals surface area contributed by atoms with E-state index in [0.717, 1.165) is 17.7 Å². The van der Waals surface area contributed by atoms with Crippen LogP contribution in [-0.4, -0.2) is 21.4 Å². The Bertz CT molecular complexity index is 734. The molecule has 1 amide bonds. The van der Waals surface area contributed by atoms with Crippen LogP contribution < -0.4 is 5.32 Å². The number of carbonyl (C=O) groups excluding carboxylic acids is 1. The molecule has 0 saturated heterocycles. The second-order valence-corrected chi connectivity index (χ2v) is 7.98. The van der Waals surface area contributed by atoms with Crippen LogP contribution in [0.2, 0.25) is 0 Å². The monoisotopic (exact) mass is 323 g/mol. The number of nitrogens with zero attached hydrogens (tertiary/aromatic N) is 1. The van der Waals surface area contributed by atoms with Gasteiger partial charge in [-0.2, -0.15) is 0 Å². The smallest absolute Gasteiger partial charge is 0.257 e. The van der Waals surface area contributed by atoms with Gasteiger partial charge in [0, 0.05) is 27.8 Å². The molecule has 0 spiro atoms. The molecule has 1 atom stereocenters. The van der Waals surface area contributed by atoms with Gasteiger partial charge in [0.2, 0.25) is 0 Å². The van der Waals surface area contributed by atoms with Crippen molar-refractivity contribution in [3.63, 3.8) is 0 Å². The predicted octanol–water partition coefficient (Wildman–Crippen LogP) is 3.38. The number of anilines is 1. The summed E-state index contributed by atoms with van der Waals surface area (Å²) in [6, 6.07) is 6.25. The van der Waals surface area contributed by atoms with Crippen LogP contribution in [0.25, 0.3) is 0 Å². The molecule has 112 valence electrons. The first-order chi connectivity index (χ1) is 9.90. The van der Waals surface area contributed by atoms with Gasteiger partial charge in [-0.3, -0.25) is 10.1 Å². The molecule has 1 aromatic carbocycles. The lowest BCUT2D eigenvalue weighted by atomic mass is 10.2. The summed E-state index contributed by atoms with van der Waals surface area (Å²) in [5.74, 6) is -0.258. The van der Waals surface area contributed by atoms with Gasteiger partial charge in [0.25, 0.3) is 5.91 Å². The highest BCUT2D eigenvalue weighted by atomic mass is 32.2. The van der Waals surface area contributed by atoms with Crippen molar-refractivity contribution in [3.05, 3.63) is 40.9 Å². The van der Waals surface area contributed by atoms with Crippen LogP contribution in [0.3, 0.4) is 0 Å². The number of rotatable bonds is 5. The van der Waals surface area contributed by atoms with E-state index in [1.54, 1.807) is 30.5 Å². The molecule has 2 rings (SSSR count). The number of amides is 1. The van der Waals surface area contributed by atoms with E-state index in [4.69, 9.17) is 4.78 Å². The fraction of sp³-hybridized carbons (Fsp3) is 0.286. The summed E-state index contributed by atoms with van der Waals surface area (Å²) in [6.45, 7) is 2.09. The molecule has 0 aliphatic rings. The third kappa shape index (κ3) is 4.12. The van der Waals surface area contributed by atoms with Gasteiger partial charge < -0.3 is 0 Å². The van der Waals surface area contributed by atoms with Crippen LogP contribution in [0.1, 0.15) is 28.6 Å². The van der Waals surface area contributed by atoms with Gasteiger partial charge in [0.05, 0.1) is 9.73 Å². The van der Waals surface area contributed by atoms with Gasteiger partial charge in [-0.05, 0) is 30.7 Å². The first-order valence-corrected chi connectivity index (χ1v) is 9.28. The second-order valence-electron chi connectivity index (χ2n) is 4.70.